The number of nitrogens with zero attached hydrogens (tertiary/aromatic N) is 2. The standard InChI is InChI=1S/C22H16ClN3O4/c1-29-20-9-16-18(10-21(20)30-2)24-11-25-22(16)26-12-3-5-17(23)14(7-12)15-8-13(27)4-6-19(15)28/h3-11H,1-2H3,(H,24,25,26). The second kappa shape index (κ2) is 7.96. The van der Waals surface area contributed by atoms with Gasteiger partial charge in [0.25, 0.3) is 0 Å². The van der Waals surface area contributed by atoms with E-state index in [0.29, 0.717) is 39.1 Å². The lowest BCUT2D eigenvalue weighted by molar-refractivity contribution is -0.113. The number of fused-ring (bicyclic) bond motifs is 1. The Morgan fingerprint density at radius 2 is 1.73 bits per heavy atom. The average Bonchev–Trinajstić information content (AvgIpc) is 2.76. The fourth-order valence-corrected chi connectivity index (χ4v) is 3.37. The molecule has 2 aromatic carbocycles. The first-order valence-corrected chi connectivity index (χ1v) is 9.29. The van der Waals surface area contributed by atoms with Gasteiger partial charge in [0.1, 0.15) is 12.1 Å². The van der Waals surface area contributed by atoms with E-state index in [9.17, 15) is 9.59 Å². The predicted molar refractivity (Wildman–Crippen MR) is 115 cm³/mol. The summed E-state index contributed by atoms with van der Waals surface area (Å²) >= 11 is 6.30. The minimum Gasteiger partial charge on any atom is -0.493 e. The van der Waals surface area contributed by atoms with Gasteiger partial charge < -0.3 is 14.8 Å². The molecule has 0 spiro atoms. The van der Waals surface area contributed by atoms with Gasteiger partial charge >= 0.3 is 0 Å². The molecule has 0 saturated heterocycles. The molecule has 1 aromatic heterocycles. The highest BCUT2D eigenvalue weighted by molar-refractivity contribution is 6.39. The van der Waals surface area contributed by atoms with E-state index < -0.39 is 0 Å². The van der Waals surface area contributed by atoms with Gasteiger partial charge in [-0.05, 0) is 42.5 Å². The lowest BCUT2D eigenvalue weighted by atomic mass is 9.96. The van der Waals surface area contributed by atoms with E-state index in [1.165, 1.54) is 24.6 Å². The molecule has 0 saturated carbocycles. The largest absolute Gasteiger partial charge is 0.493 e. The van der Waals surface area contributed by atoms with Gasteiger partial charge in [-0.25, -0.2) is 9.97 Å². The van der Waals surface area contributed by atoms with Crippen LogP contribution in [0.15, 0.2) is 54.9 Å². The maximum Gasteiger partial charge on any atom is 0.186 e. The number of aromatic nitrogens is 2. The minimum atomic E-state index is -0.280. The number of halogens is 1. The molecule has 0 atom stereocenters. The summed E-state index contributed by atoms with van der Waals surface area (Å²) in [6.45, 7) is 0. The molecule has 3 aromatic rings. The first-order valence-electron chi connectivity index (χ1n) is 8.92. The monoisotopic (exact) mass is 421 g/mol. The topological polar surface area (TPSA) is 90.4 Å². The van der Waals surface area contributed by atoms with Crippen molar-refractivity contribution >= 4 is 51.1 Å². The van der Waals surface area contributed by atoms with E-state index in [0.717, 1.165) is 5.39 Å². The number of nitrogens with one attached hydrogen (secondary N) is 1. The van der Waals surface area contributed by atoms with Crippen molar-refractivity contribution in [2.45, 2.75) is 0 Å². The van der Waals surface area contributed by atoms with Crippen LogP contribution < -0.4 is 14.8 Å². The van der Waals surface area contributed by atoms with Crippen molar-refractivity contribution in [1.29, 1.82) is 0 Å². The number of ether oxygens (including phenoxy) is 2. The number of hydrogen-bond acceptors (Lipinski definition) is 7. The highest BCUT2D eigenvalue weighted by atomic mass is 35.5. The van der Waals surface area contributed by atoms with Crippen LogP contribution in [0.2, 0.25) is 5.02 Å². The van der Waals surface area contributed by atoms with Crippen molar-refractivity contribution in [3.05, 3.63) is 65.5 Å². The molecule has 7 nitrogen and oxygen atoms in total. The first kappa shape index (κ1) is 19.6. The Hall–Kier alpha value is -3.71. The second-order valence-electron chi connectivity index (χ2n) is 6.42. The molecule has 150 valence electrons. The summed E-state index contributed by atoms with van der Waals surface area (Å²) in [6, 6.07) is 8.66. The van der Waals surface area contributed by atoms with Gasteiger partial charge in [-0.15, -0.1) is 0 Å². The number of ketones is 2. The zero-order valence-corrected chi connectivity index (χ0v) is 16.9. The number of allylic oxidation sites excluding steroid dienone is 4. The summed E-state index contributed by atoms with van der Waals surface area (Å²) in [4.78, 5) is 32.6. The number of hydrogen-bond donors (Lipinski definition) is 1. The number of carbonyl (C=O) groups excluding carboxylic acids is 2. The molecule has 1 N–H and O–H groups in total. The lowest BCUT2D eigenvalue weighted by Crippen LogP contribution is -2.07. The maximum atomic E-state index is 12.2. The number of methoxy groups -OCH3 is 2. The average molecular weight is 422 g/mol. The molecule has 1 aliphatic rings. The van der Waals surface area contributed by atoms with Crippen LogP contribution >= 0.6 is 11.6 Å². The lowest BCUT2D eigenvalue weighted by Gasteiger charge is -2.14. The minimum absolute atomic E-state index is 0.245. The van der Waals surface area contributed by atoms with E-state index >= 15 is 0 Å². The highest BCUT2D eigenvalue weighted by Crippen LogP contribution is 2.35. The fourth-order valence-electron chi connectivity index (χ4n) is 3.15. The number of carbonyl (C=O) groups is 2. The Bertz CT molecular complexity index is 1250. The normalized spacial score (nSPS) is 13.4. The summed E-state index contributed by atoms with van der Waals surface area (Å²) in [6.07, 6.45) is 5.19. The van der Waals surface area contributed by atoms with E-state index in [4.69, 9.17) is 21.1 Å². The van der Waals surface area contributed by atoms with E-state index in [1.807, 2.05) is 0 Å². The Morgan fingerprint density at radius 1 is 0.967 bits per heavy atom. The van der Waals surface area contributed by atoms with Gasteiger partial charge in [-0.3, -0.25) is 9.59 Å². The third-order valence-corrected chi connectivity index (χ3v) is 4.94. The van der Waals surface area contributed by atoms with Crippen LogP contribution in [-0.4, -0.2) is 35.8 Å². The number of rotatable bonds is 5. The van der Waals surface area contributed by atoms with Crippen LogP contribution in [0.25, 0.3) is 16.5 Å². The summed E-state index contributed by atoms with van der Waals surface area (Å²) in [5, 5.41) is 4.30. The Morgan fingerprint density at radius 3 is 2.50 bits per heavy atom. The van der Waals surface area contributed by atoms with Crippen LogP contribution in [0.1, 0.15) is 5.56 Å². The molecule has 0 bridgehead atoms. The number of anilines is 2. The van der Waals surface area contributed by atoms with Crippen LogP contribution in [-0.2, 0) is 9.59 Å². The Kier molecular flexibility index (Phi) is 5.20. The van der Waals surface area contributed by atoms with Crippen molar-refractivity contribution in [1.82, 2.24) is 9.97 Å². The zero-order valence-electron chi connectivity index (χ0n) is 16.1. The summed E-state index contributed by atoms with van der Waals surface area (Å²) in [5.41, 5.74) is 2.01. The quantitative estimate of drug-likeness (QED) is 0.619. The predicted octanol–water partition coefficient (Wildman–Crippen LogP) is 4.14. The summed E-state index contributed by atoms with van der Waals surface area (Å²) < 4.78 is 10.7. The molecule has 30 heavy (non-hydrogen) atoms. The van der Waals surface area contributed by atoms with Gasteiger partial charge in [0.15, 0.2) is 23.1 Å². The summed E-state index contributed by atoms with van der Waals surface area (Å²) in [5.74, 6) is 1.10. The highest BCUT2D eigenvalue weighted by Gasteiger charge is 2.18. The van der Waals surface area contributed by atoms with E-state index in [-0.39, 0.29) is 17.1 Å². The van der Waals surface area contributed by atoms with Crippen molar-refractivity contribution in [3.63, 3.8) is 0 Å². The van der Waals surface area contributed by atoms with Gasteiger partial charge in [-0.1, -0.05) is 11.6 Å². The van der Waals surface area contributed by atoms with Gasteiger partial charge in [0.2, 0.25) is 0 Å². The molecule has 0 amide bonds. The molecule has 0 fully saturated rings. The second-order valence-corrected chi connectivity index (χ2v) is 6.83. The van der Waals surface area contributed by atoms with E-state index in [1.54, 1.807) is 44.6 Å². The van der Waals surface area contributed by atoms with Crippen molar-refractivity contribution in [2.75, 3.05) is 19.5 Å². The van der Waals surface area contributed by atoms with Gasteiger partial charge in [0.05, 0.1) is 19.7 Å². The van der Waals surface area contributed by atoms with Gasteiger partial charge in [0, 0.05) is 33.3 Å². The number of benzene rings is 2. The molecule has 1 heterocycles. The Balaban J connectivity index is 1.76. The van der Waals surface area contributed by atoms with Crippen molar-refractivity contribution in [3.8, 4) is 11.5 Å². The smallest absolute Gasteiger partial charge is 0.186 e. The van der Waals surface area contributed by atoms with Crippen molar-refractivity contribution < 1.29 is 19.1 Å². The van der Waals surface area contributed by atoms with Gasteiger partial charge in [-0.2, -0.15) is 0 Å². The first-order chi connectivity index (χ1) is 14.5. The fraction of sp³-hybridized carbons (Fsp3) is 0.0909. The van der Waals surface area contributed by atoms with Crippen LogP contribution in [0, 0.1) is 0 Å². The van der Waals surface area contributed by atoms with Crippen molar-refractivity contribution in [2.24, 2.45) is 0 Å². The molecule has 4 rings (SSSR count). The van der Waals surface area contributed by atoms with E-state index in [2.05, 4.69) is 15.3 Å². The zero-order chi connectivity index (χ0) is 21.3. The molecule has 0 radical (unpaired) electrons. The molecular weight excluding hydrogens is 406 g/mol. The molecule has 8 heteroatoms. The summed E-state index contributed by atoms with van der Waals surface area (Å²) in [7, 11) is 3.11. The van der Waals surface area contributed by atoms with Crippen LogP contribution in [0.5, 0.6) is 11.5 Å². The molecule has 0 aliphatic heterocycles. The molecular formula is C22H16ClN3O4. The van der Waals surface area contributed by atoms with Crippen LogP contribution in [0.3, 0.4) is 0 Å². The Labute approximate surface area is 177 Å². The molecule has 1 aliphatic carbocycles. The van der Waals surface area contributed by atoms with Crippen LogP contribution in [0.4, 0.5) is 11.5 Å². The SMILES string of the molecule is COc1cc2ncnc(Nc3ccc(Cl)c(C4=CC(=O)C=CC4=O)c3)c2cc1OC. The molecule has 0 unspecified atom stereocenters. The third-order valence-electron chi connectivity index (χ3n) is 4.61. The maximum absolute atomic E-state index is 12.2. The third kappa shape index (κ3) is 3.62.